The molecule has 4 nitrogen and oxygen atoms in total. The molecule has 1 aliphatic rings. The molecule has 21 heavy (non-hydrogen) atoms. The third-order valence-electron chi connectivity index (χ3n) is 3.47. The summed E-state index contributed by atoms with van der Waals surface area (Å²) in [5, 5.41) is 0.576. The summed E-state index contributed by atoms with van der Waals surface area (Å²) >= 11 is 11.9. The number of carbonyl (C=O) groups excluding carboxylic acids is 2. The Bertz CT molecular complexity index is 542. The third kappa shape index (κ3) is 3.89. The highest BCUT2D eigenvalue weighted by Crippen LogP contribution is 2.32. The average Bonchev–Trinajstić information content (AvgIpc) is 2.49. The molecular weight excluding hydrogens is 313 g/mol. The van der Waals surface area contributed by atoms with Crippen molar-refractivity contribution in [1.29, 1.82) is 0 Å². The second-order valence-electron chi connectivity index (χ2n) is 5.07. The fourth-order valence-corrected chi connectivity index (χ4v) is 2.94. The first kappa shape index (κ1) is 16.1. The molecule has 0 bridgehead atoms. The Balaban J connectivity index is 2.13. The minimum atomic E-state index is -0.694. The number of piperidine rings is 1. The van der Waals surface area contributed by atoms with Gasteiger partial charge in [0.15, 0.2) is 12.4 Å². The van der Waals surface area contributed by atoms with E-state index in [9.17, 15) is 9.59 Å². The zero-order chi connectivity index (χ0) is 15.4. The molecule has 1 heterocycles. The number of hydrogen-bond donors (Lipinski definition) is 0. The van der Waals surface area contributed by atoms with Crippen LogP contribution in [-0.4, -0.2) is 36.3 Å². The Morgan fingerprint density at radius 1 is 1.29 bits per heavy atom. The highest BCUT2D eigenvalue weighted by atomic mass is 35.5. The van der Waals surface area contributed by atoms with Gasteiger partial charge in [-0.2, -0.15) is 0 Å². The highest BCUT2D eigenvalue weighted by Gasteiger charge is 2.25. The van der Waals surface area contributed by atoms with Crippen molar-refractivity contribution in [2.45, 2.75) is 32.3 Å². The minimum absolute atomic E-state index is 0.0856. The van der Waals surface area contributed by atoms with Crippen LogP contribution in [0.1, 0.15) is 36.5 Å². The second-order valence-corrected chi connectivity index (χ2v) is 5.91. The number of hydrogen-bond acceptors (Lipinski definition) is 3. The molecule has 0 spiro atoms. The summed E-state index contributed by atoms with van der Waals surface area (Å²) < 4.78 is 5.62. The molecule has 0 aromatic heterocycles. The van der Waals surface area contributed by atoms with Crippen LogP contribution in [0.2, 0.25) is 10.0 Å². The van der Waals surface area contributed by atoms with E-state index >= 15 is 0 Å². The lowest BCUT2D eigenvalue weighted by atomic mass is 10.1. The Hall–Kier alpha value is -1.26. The number of ether oxygens (including phenoxy) is 1. The van der Waals surface area contributed by atoms with Gasteiger partial charge in [-0.15, -0.1) is 0 Å². The molecule has 0 N–H and O–H groups in total. The maximum absolute atomic E-state index is 12.3. The van der Waals surface area contributed by atoms with E-state index in [-0.39, 0.29) is 22.2 Å². The van der Waals surface area contributed by atoms with Crippen molar-refractivity contribution >= 4 is 35.4 Å². The summed E-state index contributed by atoms with van der Waals surface area (Å²) in [5.41, 5.74) is 0.241. The van der Waals surface area contributed by atoms with E-state index in [1.165, 1.54) is 12.1 Å². The van der Waals surface area contributed by atoms with E-state index in [1.807, 2.05) is 0 Å². The quantitative estimate of drug-likeness (QED) is 0.793. The number of rotatable bonds is 4. The van der Waals surface area contributed by atoms with Crippen LogP contribution >= 0.6 is 23.2 Å². The first-order valence-corrected chi connectivity index (χ1v) is 7.68. The largest absolute Gasteiger partial charge is 0.479 e. The van der Waals surface area contributed by atoms with Crippen LogP contribution in [-0.2, 0) is 4.79 Å². The zero-order valence-electron chi connectivity index (χ0n) is 11.8. The summed E-state index contributed by atoms with van der Waals surface area (Å²) in [4.78, 5) is 25.2. The summed E-state index contributed by atoms with van der Waals surface area (Å²) in [5.74, 6) is 0.117. The first-order valence-electron chi connectivity index (χ1n) is 6.92. The first-order chi connectivity index (χ1) is 10.0. The maximum atomic E-state index is 12.3. The third-order valence-corrected chi connectivity index (χ3v) is 3.97. The Morgan fingerprint density at radius 2 is 1.95 bits per heavy atom. The number of aldehydes is 1. The predicted molar refractivity (Wildman–Crippen MR) is 82.4 cm³/mol. The smallest absolute Gasteiger partial charge is 0.263 e. The number of nitrogens with zero attached hydrogens (tertiary/aromatic N) is 1. The van der Waals surface area contributed by atoms with Crippen molar-refractivity contribution < 1.29 is 14.3 Å². The summed E-state index contributed by atoms with van der Waals surface area (Å²) in [6.45, 7) is 3.17. The summed E-state index contributed by atoms with van der Waals surface area (Å²) in [6.07, 6.45) is 3.10. The van der Waals surface area contributed by atoms with Gasteiger partial charge in [0.1, 0.15) is 5.75 Å². The Kier molecular flexibility index (Phi) is 5.48. The van der Waals surface area contributed by atoms with Gasteiger partial charge in [-0.3, -0.25) is 9.59 Å². The van der Waals surface area contributed by atoms with Gasteiger partial charge in [-0.25, -0.2) is 0 Å². The zero-order valence-corrected chi connectivity index (χ0v) is 13.3. The Labute approximate surface area is 134 Å². The molecule has 0 radical (unpaired) electrons. The highest BCUT2D eigenvalue weighted by molar-refractivity contribution is 6.36. The van der Waals surface area contributed by atoms with Gasteiger partial charge in [-0.05, 0) is 38.3 Å². The molecule has 114 valence electrons. The Morgan fingerprint density at radius 3 is 2.57 bits per heavy atom. The SMILES string of the molecule is CC(Oc1c(Cl)cc(Cl)cc1C=O)C(=O)N1CCCCC1. The average molecular weight is 330 g/mol. The van der Waals surface area contributed by atoms with E-state index in [1.54, 1.807) is 11.8 Å². The number of amides is 1. The van der Waals surface area contributed by atoms with Crippen molar-refractivity contribution in [2.75, 3.05) is 13.1 Å². The molecule has 1 aromatic rings. The van der Waals surface area contributed by atoms with Gasteiger partial charge in [0.25, 0.3) is 5.91 Å². The van der Waals surface area contributed by atoms with Crippen molar-refractivity contribution in [3.8, 4) is 5.75 Å². The van der Waals surface area contributed by atoms with E-state index < -0.39 is 6.10 Å². The molecule has 1 aromatic carbocycles. The maximum Gasteiger partial charge on any atom is 0.263 e. The van der Waals surface area contributed by atoms with Gasteiger partial charge in [0, 0.05) is 18.1 Å². The van der Waals surface area contributed by atoms with Crippen LogP contribution in [0.15, 0.2) is 12.1 Å². The van der Waals surface area contributed by atoms with Crippen molar-refractivity contribution in [1.82, 2.24) is 4.90 Å². The van der Waals surface area contributed by atoms with Crippen LogP contribution in [0.25, 0.3) is 0 Å². The van der Waals surface area contributed by atoms with Crippen LogP contribution in [0.4, 0.5) is 0 Å². The van der Waals surface area contributed by atoms with E-state index in [2.05, 4.69) is 0 Å². The molecule has 1 atom stereocenters. The number of benzene rings is 1. The molecule has 2 rings (SSSR count). The van der Waals surface area contributed by atoms with E-state index in [0.29, 0.717) is 11.3 Å². The number of likely N-dealkylation sites (tertiary alicyclic amines) is 1. The summed E-state index contributed by atoms with van der Waals surface area (Å²) in [6, 6.07) is 2.96. The van der Waals surface area contributed by atoms with Crippen LogP contribution in [0.3, 0.4) is 0 Å². The van der Waals surface area contributed by atoms with Crippen LogP contribution in [0, 0.1) is 0 Å². The lowest BCUT2D eigenvalue weighted by molar-refractivity contribution is -0.138. The van der Waals surface area contributed by atoms with Gasteiger partial charge >= 0.3 is 0 Å². The molecule has 1 unspecified atom stereocenters. The number of carbonyl (C=O) groups is 2. The minimum Gasteiger partial charge on any atom is -0.479 e. The standard InChI is InChI=1S/C15H17Cl2NO3/c1-10(15(20)18-5-3-2-4-6-18)21-14-11(9-19)7-12(16)8-13(14)17/h7-10H,2-6H2,1H3. The fraction of sp³-hybridized carbons (Fsp3) is 0.467. The van der Waals surface area contributed by atoms with Gasteiger partial charge in [-0.1, -0.05) is 23.2 Å². The molecule has 0 aliphatic carbocycles. The van der Waals surface area contributed by atoms with Gasteiger partial charge in [0.2, 0.25) is 0 Å². The molecular formula is C15H17Cl2NO3. The van der Waals surface area contributed by atoms with Crippen LogP contribution < -0.4 is 4.74 Å². The van der Waals surface area contributed by atoms with Crippen molar-refractivity contribution in [3.05, 3.63) is 27.7 Å². The van der Waals surface area contributed by atoms with Crippen LogP contribution in [0.5, 0.6) is 5.75 Å². The van der Waals surface area contributed by atoms with Crippen molar-refractivity contribution in [2.24, 2.45) is 0 Å². The van der Waals surface area contributed by atoms with E-state index in [4.69, 9.17) is 27.9 Å². The second kappa shape index (κ2) is 7.14. The molecule has 1 fully saturated rings. The molecule has 6 heteroatoms. The molecule has 1 saturated heterocycles. The van der Waals surface area contributed by atoms with E-state index in [0.717, 1.165) is 32.4 Å². The predicted octanol–water partition coefficient (Wildman–Crippen LogP) is 3.59. The fourth-order valence-electron chi connectivity index (χ4n) is 2.39. The monoisotopic (exact) mass is 329 g/mol. The van der Waals surface area contributed by atoms with Gasteiger partial charge in [0.05, 0.1) is 10.6 Å². The topological polar surface area (TPSA) is 46.6 Å². The van der Waals surface area contributed by atoms with Gasteiger partial charge < -0.3 is 9.64 Å². The molecule has 1 amide bonds. The normalized spacial score (nSPS) is 16.4. The molecule has 0 saturated carbocycles. The van der Waals surface area contributed by atoms with Crippen molar-refractivity contribution in [3.63, 3.8) is 0 Å². The summed E-state index contributed by atoms with van der Waals surface area (Å²) in [7, 11) is 0. The molecule has 1 aliphatic heterocycles. The number of halogens is 2. The lowest BCUT2D eigenvalue weighted by Crippen LogP contribution is -2.43. The lowest BCUT2D eigenvalue weighted by Gasteiger charge is -2.29.